The van der Waals surface area contributed by atoms with E-state index in [9.17, 15) is 19.2 Å². The summed E-state index contributed by atoms with van der Waals surface area (Å²) in [5.74, 6) is -0.963. The van der Waals surface area contributed by atoms with E-state index in [0.717, 1.165) is 24.8 Å². The second kappa shape index (κ2) is 9.29. The highest BCUT2D eigenvalue weighted by atomic mass is 16.5. The molecule has 1 aliphatic carbocycles. The van der Waals surface area contributed by atoms with Gasteiger partial charge in [-0.2, -0.15) is 0 Å². The summed E-state index contributed by atoms with van der Waals surface area (Å²) in [7, 11) is 0. The van der Waals surface area contributed by atoms with E-state index in [0.29, 0.717) is 36.0 Å². The van der Waals surface area contributed by atoms with Crippen LogP contribution in [0.3, 0.4) is 0 Å². The minimum atomic E-state index is -0.530. The fourth-order valence-electron chi connectivity index (χ4n) is 5.66. The summed E-state index contributed by atoms with van der Waals surface area (Å²) in [6.07, 6.45) is 2.60. The van der Waals surface area contributed by atoms with Crippen molar-refractivity contribution >= 4 is 29.4 Å². The standard InChI is InChI=1S/C28H30N2O5/c1-17-8-10-22-23(12-17)27(33)30(26(22)32)24-11-9-21(13-18(24)2)35-28(34)20-14-25(31)29(16-20)15-19-6-4-3-5-7-19/h3-7,9,11,13,17,20,22-23H,8,10,12,14-16H2,1-2H3/t17-,20+,22+,23+/m0/s1. The smallest absolute Gasteiger partial charge is 0.316 e. The average molecular weight is 475 g/mol. The molecule has 2 aromatic carbocycles. The first-order valence-electron chi connectivity index (χ1n) is 12.3. The molecule has 182 valence electrons. The molecule has 35 heavy (non-hydrogen) atoms. The van der Waals surface area contributed by atoms with Crippen LogP contribution in [-0.2, 0) is 25.7 Å². The van der Waals surface area contributed by atoms with Crippen molar-refractivity contribution in [2.75, 3.05) is 11.4 Å². The molecule has 5 rings (SSSR count). The van der Waals surface area contributed by atoms with Gasteiger partial charge in [0.05, 0.1) is 23.4 Å². The molecule has 0 bridgehead atoms. The van der Waals surface area contributed by atoms with Crippen LogP contribution >= 0.6 is 0 Å². The van der Waals surface area contributed by atoms with E-state index in [1.54, 1.807) is 30.0 Å². The number of hydrogen-bond acceptors (Lipinski definition) is 5. The Kier molecular flexibility index (Phi) is 6.17. The number of nitrogens with zero attached hydrogens (tertiary/aromatic N) is 2. The van der Waals surface area contributed by atoms with Crippen molar-refractivity contribution in [2.24, 2.45) is 23.7 Å². The number of imide groups is 1. The van der Waals surface area contributed by atoms with Crippen LogP contribution < -0.4 is 9.64 Å². The van der Waals surface area contributed by atoms with Crippen molar-refractivity contribution in [1.29, 1.82) is 0 Å². The highest BCUT2D eigenvalue weighted by Crippen LogP contribution is 2.43. The van der Waals surface area contributed by atoms with Crippen molar-refractivity contribution in [3.63, 3.8) is 0 Å². The third-order valence-corrected chi connectivity index (χ3v) is 7.58. The molecule has 1 saturated carbocycles. The first-order valence-corrected chi connectivity index (χ1v) is 12.3. The van der Waals surface area contributed by atoms with E-state index >= 15 is 0 Å². The van der Waals surface area contributed by atoms with Crippen molar-refractivity contribution in [2.45, 2.75) is 46.1 Å². The molecule has 3 fully saturated rings. The average Bonchev–Trinajstić information content (AvgIpc) is 3.31. The molecular formula is C28H30N2O5. The summed E-state index contributed by atoms with van der Waals surface area (Å²) < 4.78 is 5.60. The number of esters is 1. The lowest BCUT2D eigenvalue weighted by atomic mass is 9.76. The van der Waals surface area contributed by atoms with Gasteiger partial charge in [-0.25, -0.2) is 4.90 Å². The molecule has 0 aromatic heterocycles. The lowest BCUT2D eigenvalue weighted by molar-refractivity contribution is -0.139. The maximum atomic E-state index is 13.1. The summed E-state index contributed by atoms with van der Waals surface area (Å²) in [5, 5.41) is 0. The maximum absolute atomic E-state index is 13.1. The van der Waals surface area contributed by atoms with Crippen molar-refractivity contribution in [1.82, 2.24) is 4.90 Å². The van der Waals surface area contributed by atoms with Crippen LogP contribution in [0.2, 0.25) is 0 Å². The molecule has 0 radical (unpaired) electrons. The van der Waals surface area contributed by atoms with Crippen molar-refractivity contribution in [3.8, 4) is 5.75 Å². The molecule has 0 spiro atoms. The van der Waals surface area contributed by atoms with Crippen LogP contribution in [0.15, 0.2) is 48.5 Å². The monoisotopic (exact) mass is 474 g/mol. The summed E-state index contributed by atoms with van der Waals surface area (Å²) >= 11 is 0. The third kappa shape index (κ3) is 4.47. The first kappa shape index (κ1) is 23.3. The van der Waals surface area contributed by atoms with Gasteiger partial charge in [0.2, 0.25) is 17.7 Å². The second-order valence-corrected chi connectivity index (χ2v) is 10.2. The van der Waals surface area contributed by atoms with Gasteiger partial charge >= 0.3 is 5.97 Å². The van der Waals surface area contributed by atoms with Gasteiger partial charge in [-0.3, -0.25) is 19.2 Å². The zero-order valence-electron chi connectivity index (χ0n) is 20.1. The number of carbonyl (C=O) groups excluding carboxylic acids is 4. The van der Waals surface area contributed by atoms with Gasteiger partial charge in [-0.05, 0) is 61.4 Å². The van der Waals surface area contributed by atoms with Crippen molar-refractivity contribution < 1.29 is 23.9 Å². The molecule has 0 unspecified atom stereocenters. The highest BCUT2D eigenvalue weighted by molar-refractivity contribution is 6.22. The maximum Gasteiger partial charge on any atom is 0.316 e. The molecule has 7 heteroatoms. The van der Waals surface area contributed by atoms with Crippen LogP contribution in [0.25, 0.3) is 0 Å². The highest BCUT2D eigenvalue weighted by Gasteiger charge is 2.50. The van der Waals surface area contributed by atoms with Gasteiger partial charge in [-0.15, -0.1) is 0 Å². The minimum Gasteiger partial charge on any atom is -0.426 e. The number of hydrogen-bond donors (Lipinski definition) is 0. The molecule has 3 aliphatic rings. The van der Waals surface area contributed by atoms with Crippen LogP contribution in [0.5, 0.6) is 5.75 Å². The van der Waals surface area contributed by atoms with E-state index in [-0.39, 0.29) is 36.0 Å². The largest absolute Gasteiger partial charge is 0.426 e. The number of rotatable bonds is 5. The fourth-order valence-corrected chi connectivity index (χ4v) is 5.66. The SMILES string of the molecule is Cc1cc(OC(=O)[C@@H]2CC(=O)N(Cc3ccccc3)C2)ccc1N1C(=O)[C@@H]2CC[C@H](C)C[C@H]2C1=O. The topological polar surface area (TPSA) is 84.0 Å². The molecule has 7 nitrogen and oxygen atoms in total. The Morgan fingerprint density at radius 2 is 1.74 bits per heavy atom. The Morgan fingerprint density at radius 1 is 1.00 bits per heavy atom. The number of aryl methyl sites for hydroxylation is 1. The minimum absolute atomic E-state index is 0.0656. The van der Waals surface area contributed by atoms with Gasteiger partial charge in [0.25, 0.3) is 0 Å². The summed E-state index contributed by atoms with van der Waals surface area (Å²) in [4.78, 5) is 54.3. The van der Waals surface area contributed by atoms with E-state index in [4.69, 9.17) is 4.74 Å². The third-order valence-electron chi connectivity index (χ3n) is 7.58. The lowest BCUT2D eigenvalue weighted by Gasteiger charge is -2.25. The zero-order valence-corrected chi connectivity index (χ0v) is 20.1. The number of anilines is 1. The van der Waals surface area contributed by atoms with E-state index in [1.807, 2.05) is 30.3 Å². The first-order chi connectivity index (χ1) is 16.8. The number of benzene rings is 2. The molecular weight excluding hydrogens is 444 g/mol. The lowest BCUT2D eigenvalue weighted by Crippen LogP contribution is -2.31. The number of carbonyl (C=O) groups is 4. The van der Waals surface area contributed by atoms with Gasteiger partial charge < -0.3 is 9.64 Å². The quantitative estimate of drug-likeness (QED) is 0.373. The molecule has 3 amide bonds. The summed E-state index contributed by atoms with van der Waals surface area (Å²) in [6.45, 7) is 4.72. The molecule has 2 saturated heterocycles. The number of fused-ring (bicyclic) bond motifs is 1. The van der Waals surface area contributed by atoms with Crippen LogP contribution in [0, 0.1) is 30.6 Å². The van der Waals surface area contributed by atoms with E-state index < -0.39 is 11.9 Å². The van der Waals surface area contributed by atoms with E-state index in [1.165, 1.54) is 4.90 Å². The Morgan fingerprint density at radius 3 is 2.49 bits per heavy atom. The molecule has 0 N–H and O–H groups in total. The normalized spacial score (nSPS) is 26.3. The van der Waals surface area contributed by atoms with Crippen LogP contribution in [0.1, 0.15) is 43.7 Å². The predicted octanol–water partition coefficient (Wildman–Crippen LogP) is 3.87. The van der Waals surface area contributed by atoms with Crippen LogP contribution in [-0.4, -0.2) is 35.1 Å². The number of amides is 3. The zero-order chi connectivity index (χ0) is 24.7. The van der Waals surface area contributed by atoms with Gasteiger partial charge in [0.1, 0.15) is 5.75 Å². The van der Waals surface area contributed by atoms with Gasteiger partial charge in [-0.1, -0.05) is 37.3 Å². The number of likely N-dealkylation sites (tertiary alicyclic amines) is 1. The van der Waals surface area contributed by atoms with Gasteiger partial charge in [0.15, 0.2) is 0 Å². The molecule has 2 aromatic rings. The predicted molar refractivity (Wildman–Crippen MR) is 129 cm³/mol. The molecule has 2 aliphatic heterocycles. The summed E-state index contributed by atoms with van der Waals surface area (Å²) in [5.41, 5.74) is 2.25. The van der Waals surface area contributed by atoms with Crippen molar-refractivity contribution in [3.05, 3.63) is 59.7 Å². The van der Waals surface area contributed by atoms with Gasteiger partial charge in [0, 0.05) is 19.5 Å². The Hall–Kier alpha value is -3.48. The van der Waals surface area contributed by atoms with Crippen LogP contribution in [0.4, 0.5) is 5.69 Å². The fraction of sp³-hybridized carbons (Fsp3) is 0.429. The Bertz CT molecular complexity index is 1180. The summed E-state index contributed by atoms with van der Waals surface area (Å²) in [6, 6.07) is 14.6. The Labute approximate surface area is 205 Å². The Balaban J connectivity index is 1.25. The van der Waals surface area contributed by atoms with E-state index in [2.05, 4.69) is 6.92 Å². The number of ether oxygens (including phenoxy) is 1. The molecule has 2 heterocycles. The molecule has 4 atom stereocenters. The second-order valence-electron chi connectivity index (χ2n) is 10.2.